The van der Waals surface area contributed by atoms with Gasteiger partial charge in [-0.05, 0) is 66.9 Å². The summed E-state index contributed by atoms with van der Waals surface area (Å²) in [6.07, 6.45) is 0. The van der Waals surface area contributed by atoms with Crippen LogP contribution in [0.2, 0.25) is 10.0 Å². The molecule has 0 atom stereocenters. The minimum absolute atomic E-state index is 0.702. The van der Waals surface area contributed by atoms with Crippen LogP contribution >= 0.6 is 77.7 Å². The summed E-state index contributed by atoms with van der Waals surface area (Å²) in [6, 6.07) is 7.88. The van der Waals surface area contributed by atoms with Gasteiger partial charge in [-0.25, -0.2) is 0 Å². The van der Waals surface area contributed by atoms with E-state index < -0.39 is 0 Å². The second-order valence-electron chi connectivity index (χ2n) is 4.01. The van der Waals surface area contributed by atoms with Crippen molar-refractivity contribution in [3.63, 3.8) is 0 Å². The van der Waals surface area contributed by atoms with Crippen molar-refractivity contribution < 1.29 is 0 Å². The van der Waals surface area contributed by atoms with Crippen LogP contribution in [-0.2, 0) is 0 Å². The van der Waals surface area contributed by atoms with Crippen LogP contribution in [0.5, 0.6) is 0 Å². The fourth-order valence-corrected chi connectivity index (χ4v) is 5.73. The number of hydrogen-bond donors (Lipinski definition) is 0. The number of hydrogen-bond acceptors (Lipinski definition) is 2. The molecule has 0 aliphatic carbocycles. The van der Waals surface area contributed by atoms with Gasteiger partial charge in [0.15, 0.2) is 0 Å². The standard InChI is InChI=1S/C14H6Br2Cl2S2/c15-9-1-3-19-13(9)7-5-12(18)8(6-11(7)17)14-10(16)2-4-20-14/h1-6H. The molecule has 102 valence electrons. The minimum atomic E-state index is 0.702. The van der Waals surface area contributed by atoms with E-state index in [4.69, 9.17) is 23.2 Å². The predicted octanol–water partition coefficient (Wildman–Crippen LogP) is 7.98. The summed E-state index contributed by atoms with van der Waals surface area (Å²) in [7, 11) is 0. The zero-order chi connectivity index (χ0) is 14.3. The molecular weight excluding hydrogens is 463 g/mol. The average Bonchev–Trinajstić information content (AvgIpc) is 3.01. The molecule has 0 spiro atoms. The molecule has 3 aromatic rings. The monoisotopic (exact) mass is 466 g/mol. The van der Waals surface area contributed by atoms with Gasteiger partial charge in [-0.2, -0.15) is 0 Å². The van der Waals surface area contributed by atoms with Crippen molar-refractivity contribution in [1.82, 2.24) is 0 Å². The Morgan fingerprint density at radius 1 is 0.750 bits per heavy atom. The zero-order valence-electron chi connectivity index (χ0n) is 9.79. The highest BCUT2D eigenvalue weighted by Crippen LogP contribution is 2.44. The Morgan fingerprint density at radius 3 is 1.45 bits per heavy atom. The normalized spacial score (nSPS) is 11.0. The molecular formula is C14H6Br2Cl2S2. The predicted molar refractivity (Wildman–Crippen MR) is 98.5 cm³/mol. The summed E-state index contributed by atoms with van der Waals surface area (Å²) in [5, 5.41) is 5.45. The van der Waals surface area contributed by atoms with E-state index in [9.17, 15) is 0 Å². The van der Waals surface area contributed by atoms with Crippen LogP contribution in [0.4, 0.5) is 0 Å². The second kappa shape index (κ2) is 6.11. The van der Waals surface area contributed by atoms with Gasteiger partial charge in [-0.1, -0.05) is 23.2 Å². The molecule has 0 nitrogen and oxygen atoms in total. The van der Waals surface area contributed by atoms with E-state index in [1.165, 1.54) is 0 Å². The van der Waals surface area contributed by atoms with Crippen LogP contribution in [0.15, 0.2) is 44.0 Å². The molecule has 0 radical (unpaired) electrons. The van der Waals surface area contributed by atoms with E-state index in [0.717, 1.165) is 29.8 Å². The van der Waals surface area contributed by atoms with Crippen LogP contribution in [0, 0.1) is 0 Å². The summed E-state index contributed by atoms with van der Waals surface area (Å²) in [5.41, 5.74) is 1.91. The van der Waals surface area contributed by atoms with Gasteiger partial charge in [0.05, 0.1) is 10.0 Å². The Kier molecular flexibility index (Phi) is 4.60. The third kappa shape index (κ3) is 2.74. The lowest BCUT2D eigenvalue weighted by Crippen LogP contribution is -1.82. The van der Waals surface area contributed by atoms with Crippen LogP contribution < -0.4 is 0 Å². The van der Waals surface area contributed by atoms with Crippen molar-refractivity contribution in [3.8, 4) is 20.9 Å². The van der Waals surface area contributed by atoms with E-state index >= 15 is 0 Å². The maximum atomic E-state index is 6.45. The van der Waals surface area contributed by atoms with Crippen molar-refractivity contribution in [2.45, 2.75) is 0 Å². The molecule has 0 unspecified atom stereocenters. The molecule has 0 saturated carbocycles. The topological polar surface area (TPSA) is 0 Å². The zero-order valence-corrected chi connectivity index (χ0v) is 16.1. The third-order valence-electron chi connectivity index (χ3n) is 2.78. The van der Waals surface area contributed by atoms with Crippen molar-refractivity contribution in [2.75, 3.05) is 0 Å². The summed E-state index contributed by atoms with van der Waals surface area (Å²) < 4.78 is 2.07. The fourth-order valence-electron chi connectivity index (χ4n) is 1.87. The number of benzene rings is 1. The van der Waals surface area contributed by atoms with Gasteiger partial charge >= 0.3 is 0 Å². The highest BCUT2D eigenvalue weighted by Gasteiger charge is 2.15. The molecule has 3 rings (SSSR count). The SMILES string of the molecule is Clc1cc(-c2sccc2Br)c(Cl)cc1-c1sccc1Br. The molecule has 1 aromatic carbocycles. The number of halogens is 4. The van der Waals surface area contributed by atoms with E-state index in [1.54, 1.807) is 22.7 Å². The Labute approximate surface area is 151 Å². The highest BCUT2D eigenvalue weighted by molar-refractivity contribution is 9.11. The smallest absolute Gasteiger partial charge is 0.0500 e. The first-order valence-electron chi connectivity index (χ1n) is 5.53. The van der Waals surface area contributed by atoms with E-state index in [2.05, 4.69) is 31.9 Å². The molecule has 0 bridgehead atoms. The lowest BCUT2D eigenvalue weighted by molar-refractivity contribution is 1.66. The summed E-state index contributed by atoms with van der Waals surface area (Å²) >= 11 is 23.2. The fraction of sp³-hybridized carbons (Fsp3) is 0. The first-order valence-corrected chi connectivity index (χ1v) is 9.64. The molecule has 0 N–H and O–H groups in total. The first kappa shape index (κ1) is 15.1. The second-order valence-corrected chi connectivity index (χ2v) is 8.36. The lowest BCUT2D eigenvalue weighted by atomic mass is 10.1. The van der Waals surface area contributed by atoms with Crippen molar-refractivity contribution in [3.05, 3.63) is 54.0 Å². The molecule has 0 aliphatic heterocycles. The molecule has 0 amide bonds. The molecule has 2 aromatic heterocycles. The van der Waals surface area contributed by atoms with Gasteiger partial charge in [0, 0.05) is 29.8 Å². The number of rotatable bonds is 2. The van der Waals surface area contributed by atoms with E-state index in [0.29, 0.717) is 10.0 Å². The van der Waals surface area contributed by atoms with Crippen molar-refractivity contribution in [1.29, 1.82) is 0 Å². The maximum Gasteiger partial charge on any atom is 0.0500 e. The molecule has 20 heavy (non-hydrogen) atoms. The van der Waals surface area contributed by atoms with Crippen LogP contribution in [0.1, 0.15) is 0 Å². The van der Waals surface area contributed by atoms with Gasteiger partial charge in [-0.15, -0.1) is 22.7 Å². The van der Waals surface area contributed by atoms with Gasteiger partial charge in [-0.3, -0.25) is 0 Å². The average molecular weight is 469 g/mol. The molecule has 0 aliphatic rings. The largest absolute Gasteiger partial charge is 0.143 e. The minimum Gasteiger partial charge on any atom is -0.143 e. The highest BCUT2D eigenvalue weighted by atomic mass is 79.9. The molecule has 0 fully saturated rings. The Morgan fingerprint density at radius 2 is 1.15 bits per heavy atom. The number of thiophene rings is 2. The lowest BCUT2D eigenvalue weighted by Gasteiger charge is -2.09. The Balaban J connectivity index is 2.17. The van der Waals surface area contributed by atoms with Gasteiger partial charge in [0.2, 0.25) is 0 Å². The summed E-state index contributed by atoms with van der Waals surface area (Å²) in [6.45, 7) is 0. The Bertz CT molecular complexity index is 711. The van der Waals surface area contributed by atoms with E-state index in [1.807, 2.05) is 35.0 Å². The van der Waals surface area contributed by atoms with Gasteiger partial charge in [0.1, 0.15) is 0 Å². The summed E-state index contributed by atoms with van der Waals surface area (Å²) in [4.78, 5) is 2.18. The Hall–Kier alpha value is 0.160. The van der Waals surface area contributed by atoms with Crippen LogP contribution in [0.3, 0.4) is 0 Å². The maximum absolute atomic E-state index is 6.45. The van der Waals surface area contributed by atoms with Gasteiger partial charge in [0.25, 0.3) is 0 Å². The summed E-state index contributed by atoms with van der Waals surface area (Å²) in [5.74, 6) is 0. The van der Waals surface area contributed by atoms with Gasteiger partial charge < -0.3 is 0 Å². The third-order valence-corrected chi connectivity index (χ3v) is 7.15. The van der Waals surface area contributed by atoms with Crippen molar-refractivity contribution >= 4 is 77.7 Å². The van der Waals surface area contributed by atoms with Crippen LogP contribution in [0.25, 0.3) is 20.9 Å². The molecule has 6 heteroatoms. The molecule has 2 heterocycles. The van der Waals surface area contributed by atoms with Crippen LogP contribution in [-0.4, -0.2) is 0 Å². The quantitative estimate of drug-likeness (QED) is 0.357. The van der Waals surface area contributed by atoms with Crippen molar-refractivity contribution in [2.24, 2.45) is 0 Å². The van der Waals surface area contributed by atoms with E-state index in [-0.39, 0.29) is 0 Å². The molecule has 0 saturated heterocycles. The first-order chi connectivity index (χ1) is 9.58.